The van der Waals surface area contributed by atoms with Gasteiger partial charge < -0.3 is 19.5 Å². The minimum absolute atomic E-state index is 0.335. The van der Waals surface area contributed by atoms with Crippen LogP contribution in [0.1, 0.15) is 17.4 Å². The minimum atomic E-state index is -0.335. The van der Waals surface area contributed by atoms with Crippen LogP contribution in [0.2, 0.25) is 0 Å². The van der Waals surface area contributed by atoms with Gasteiger partial charge in [0, 0.05) is 28.4 Å². The fraction of sp³-hybridized carbons (Fsp3) is 0.111. The second-order valence-corrected chi connectivity index (χ2v) is 7.39. The SMILES string of the molecule is COc1ccc2c(c1)OC(c1ccc(OCc3ccccc3)cc1)Nc1ccccc1-2. The molecule has 4 nitrogen and oxygen atoms in total. The van der Waals surface area contributed by atoms with E-state index in [0.29, 0.717) is 6.61 Å². The van der Waals surface area contributed by atoms with Crippen molar-refractivity contribution >= 4 is 5.69 Å². The van der Waals surface area contributed by atoms with Gasteiger partial charge in [-0.25, -0.2) is 0 Å². The molecule has 1 atom stereocenters. The number of hydrogen-bond donors (Lipinski definition) is 1. The Balaban J connectivity index is 1.41. The molecule has 5 rings (SSSR count). The maximum absolute atomic E-state index is 6.41. The molecule has 1 aliphatic heterocycles. The Morgan fingerprint density at radius 1 is 0.774 bits per heavy atom. The molecule has 0 bridgehead atoms. The fourth-order valence-corrected chi connectivity index (χ4v) is 3.72. The van der Waals surface area contributed by atoms with Crippen LogP contribution >= 0.6 is 0 Å². The number of benzene rings is 4. The molecule has 1 N–H and O–H groups in total. The molecule has 154 valence electrons. The molecule has 0 amide bonds. The van der Waals surface area contributed by atoms with Crippen LogP contribution in [-0.2, 0) is 6.61 Å². The maximum Gasteiger partial charge on any atom is 0.196 e. The second kappa shape index (κ2) is 8.44. The summed E-state index contributed by atoms with van der Waals surface area (Å²) >= 11 is 0. The third kappa shape index (κ3) is 4.05. The smallest absolute Gasteiger partial charge is 0.196 e. The normalized spacial score (nSPS) is 14.3. The quantitative estimate of drug-likeness (QED) is 0.411. The number of rotatable bonds is 5. The lowest BCUT2D eigenvalue weighted by Gasteiger charge is -2.20. The molecule has 0 aromatic heterocycles. The molecule has 4 aromatic carbocycles. The molecular formula is C27H23NO3. The van der Waals surface area contributed by atoms with Crippen molar-refractivity contribution in [1.82, 2.24) is 0 Å². The first kappa shape index (κ1) is 19.1. The van der Waals surface area contributed by atoms with Crippen LogP contribution in [0.25, 0.3) is 11.1 Å². The Kier molecular flexibility index (Phi) is 5.19. The monoisotopic (exact) mass is 409 g/mol. The number of nitrogens with one attached hydrogen (secondary N) is 1. The van der Waals surface area contributed by atoms with Crippen molar-refractivity contribution in [3.63, 3.8) is 0 Å². The van der Waals surface area contributed by atoms with E-state index in [9.17, 15) is 0 Å². The van der Waals surface area contributed by atoms with Gasteiger partial charge >= 0.3 is 0 Å². The van der Waals surface area contributed by atoms with E-state index in [4.69, 9.17) is 14.2 Å². The molecule has 0 spiro atoms. The van der Waals surface area contributed by atoms with E-state index >= 15 is 0 Å². The Hall–Kier alpha value is -3.92. The average Bonchev–Trinajstić information content (AvgIpc) is 3.00. The van der Waals surface area contributed by atoms with Gasteiger partial charge in [0.1, 0.15) is 23.9 Å². The van der Waals surface area contributed by atoms with Crippen LogP contribution in [0.3, 0.4) is 0 Å². The van der Waals surface area contributed by atoms with Crippen LogP contribution in [0.5, 0.6) is 17.2 Å². The van der Waals surface area contributed by atoms with Crippen molar-refractivity contribution in [2.75, 3.05) is 12.4 Å². The molecule has 31 heavy (non-hydrogen) atoms. The van der Waals surface area contributed by atoms with Crippen LogP contribution in [0.4, 0.5) is 5.69 Å². The Labute approximate surface area is 182 Å². The van der Waals surface area contributed by atoms with Crippen molar-refractivity contribution in [2.45, 2.75) is 12.8 Å². The highest BCUT2D eigenvalue weighted by molar-refractivity contribution is 5.83. The van der Waals surface area contributed by atoms with Gasteiger partial charge in [-0.05, 0) is 48.0 Å². The topological polar surface area (TPSA) is 39.7 Å². The molecular weight excluding hydrogens is 386 g/mol. The van der Waals surface area contributed by atoms with Crippen molar-refractivity contribution in [1.29, 1.82) is 0 Å². The number of hydrogen-bond acceptors (Lipinski definition) is 4. The van der Waals surface area contributed by atoms with Crippen LogP contribution in [-0.4, -0.2) is 7.11 Å². The molecule has 1 heterocycles. The lowest BCUT2D eigenvalue weighted by Crippen LogP contribution is -2.16. The predicted molar refractivity (Wildman–Crippen MR) is 123 cm³/mol. The van der Waals surface area contributed by atoms with Crippen LogP contribution in [0, 0.1) is 0 Å². The highest BCUT2D eigenvalue weighted by Crippen LogP contribution is 2.43. The Bertz CT molecular complexity index is 1170. The van der Waals surface area contributed by atoms with E-state index in [2.05, 4.69) is 29.6 Å². The summed E-state index contributed by atoms with van der Waals surface area (Å²) in [6, 6.07) is 32.3. The molecule has 0 radical (unpaired) electrons. The van der Waals surface area contributed by atoms with E-state index in [1.54, 1.807) is 7.11 Å². The van der Waals surface area contributed by atoms with Crippen molar-refractivity contribution in [3.8, 4) is 28.4 Å². The number of ether oxygens (including phenoxy) is 3. The fourth-order valence-electron chi connectivity index (χ4n) is 3.72. The van der Waals surface area contributed by atoms with Gasteiger partial charge in [-0.15, -0.1) is 0 Å². The lowest BCUT2D eigenvalue weighted by atomic mass is 10.0. The second-order valence-electron chi connectivity index (χ2n) is 7.39. The van der Waals surface area contributed by atoms with Gasteiger partial charge in [-0.2, -0.15) is 0 Å². The van der Waals surface area contributed by atoms with E-state index in [1.165, 1.54) is 0 Å². The number of anilines is 1. The summed E-state index contributed by atoms with van der Waals surface area (Å²) in [4.78, 5) is 0. The van der Waals surface area contributed by atoms with Crippen LogP contribution in [0.15, 0.2) is 97.1 Å². The number of fused-ring (bicyclic) bond motifs is 3. The van der Waals surface area contributed by atoms with E-state index in [0.717, 1.165) is 45.2 Å². The minimum Gasteiger partial charge on any atom is -0.497 e. The summed E-state index contributed by atoms with van der Waals surface area (Å²) in [6.45, 7) is 0.541. The molecule has 0 saturated heterocycles. The third-order valence-corrected chi connectivity index (χ3v) is 5.37. The highest BCUT2D eigenvalue weighted by Gasteiger charge is 2.23. The predicted octanol–water partition coefficient (Wildman–Crippen LogP) is 6.44. The zero-order chi connectivity index (χ0) is 21.0. The highest BCUT2D eigenvalue weighted by atomic mass is 16.5. The zero-order valence-corrected chi connectivity index (χ0v) is 17.2. The lowest BCUT2D eigenvalue weighted by molar-refractivity contribution is 0.237. The van der Waals surface area contributed by atoms with Gasteiger partial charge in [-0.3, -0.25) is 0 Å². The van der Waals surface area contributed by atoms with Crippen molar-refractivity contribution in [2.24, 2.45) is 0 Å². The summed E-state index contributed by atoms with van der Waals surface area (Å²) < 4.78 is 17.7. The molecule has 1 unspecified atom stereocenters. The first-order chi connectivity index (χ1) is 15.3. The zero-order valence-electron chi connectivity index (χ0n) is 17.2. The summed E-state index contributed by atoms with van der Waals surface area (Å²) in [6.07, 6.45) is -0.335. The summed E-state index contributed by atoms with van der Waals surface area (Å²) in [5.74, 6) is 2.37. The molecule has 4 heteroatoms. The average molecular weight is 409 g/mol. The van der Waals surface area contributed by atoms with E-state index in [1.807, 2.05) is 72.8 Å². The summed E-state index contributed by atoms with van der Waals surface area (Å²) in [5, 5.41) is 3.53. The molecule has 0 aliphatic carbocycles. The molecule has 1 aliphatic rings. The Morgan fingerprint density at radius 2 is 1.52 bits per heavy atom. The molecule has 0 fully saturated rings. The van der Waals surface area contributed by atoms with Gasteiger partial charge in [-0.1, -0.05) is 48.5 Å². The van der Waals surface area contributed by atoms with Gasteiger partial charge in [0.05, 0.1) is 7.11 Å². The first-order valence-electron chi connectivity index (χ1n) is 10.3. The largest absolute Gasteiger partial charge is 0.497 e. The van der Waals surface area contributed by atoms with Crippen molar-refractivity contribution in [3.05, 3.63) is 108 Å². The molecule has 4 aromatic rings. The van der Waals surface area contributed by atoms with E-state index in [-0.39, 0.29) is 6.23 Å². The maximum atomic E-state index is 6.41. The number of methoxy groups -OCH3 is 1. The summed E-state index contributed by atoms with van der Waals surface area (Å²) in [7, 11) is 1.66. The van der Waals surface area contributed by atoms with Gasteiger partial charge in [0.25, 0.3) is 0 Å². The third-order valence-electron chi connectivity index (χ3n) is 5.37. The van der Waals surface area contributed by atoms with Gasteiger partial charge in [0.15, 0.2) is 6.23 Å². The van der Waals surface area contributed by atoms with Gasteiger partial charge in [0.2, 0.25) is 0 Å². The van der Waals surface area contributed by atoms with E-state index < -0.39 is 0 Å². The van der Waals surface area contributed by atoms with Crippen molar-refractivity contribution < 1.29 is 14.2 Å². The summed E-state index contributed by atoms with van der Waals surface area (Å²) in [5.41, 5.74) is 5.32. The first-order valence-corrected chi connectivity index (χ1v) is 10.3. The Morgan fingerprint density at radius 3 is 2.32 bits per heavy atom. The number of para-hydroxylation sites is 1. The molecule has 0 saturated carbocycles. The van der Waals surface area contributed by atoms with Crippen LogP contribution < -0.4 is 19.5 Å². The standard InChI is InChI=1S/C27H23NO3/c1-29-22-15-16-24-23-9-5-6-10-25(23)28-27(31-26(24)17-22)20-11-13-21(14-12-20)30-18-19-7-3-2-4-8-19/h2-17,27-28H,18H2,1H3.